The molecule has 0 aliphatic heterocycles. The van der Waals surface area contributed by atoms with E-state index in [1.54, 1.807) is 53.1 Å². The van der Waals surface area contributed by atoms with Gasteiger partial charge in [-0.25, -0.2) is 4.98 Å². The van der Waals surface area contributed by atoms with Crippen LogP contribution in [0.15, 0.2) is 77.6 Å². The summed E-state index contributed by atoms with van der Waals surface area (Å²) >= 11 is 0. The van der Waals surface area contributed by atoms with Crippen LogP contribution in [0.4, 0.5) is 5.69 Å². The molecule has 0 aliphatic rings. The van der Waals surface area contributed by atoms with E-state index in [9.17, 15) is 14.9 Å². The molecule has 4 aromatic rings. The maximum Gasteiger partial charge on any atom is 0.276 e. The van der Waals surface area contributed by atoms with Crippen LogP contribution < -0.4 is 5.56 Å². The molecule has 0 saturated heterocycles. The minimum Gasteiger partial charge on any atom is -0.268 e. The average molecular weight is 383 g/mol. The molecule has 6 heteroatoms. The van der Waals surface area contributed by atoms with Crippen LogP contribution in [0.5, 0.6) is 0 Å². The van der Waals surface area contributed by atoms with Crippen LogP contribution in [-0.4, -0.2) is 14.5 Å². The van der Waals surface area contributed by atoms with Crippen molar-refractivity contribution in [2.24, 2.45) is 0 Å². The van der Waals surface area contributed by atoms with Crippen molar-refractivity contribution in [3.63, 3.8) is 0 Å². The lowest BCUT2D eigenvalue weighted by molar-refractivity contribution is -0.385. The van der Waals surface area contributed by atoms with E-state index in [1.165, 1.54) is 6.07 Å². The largest absolute Gasteiger partial charge is 0.276 e. The van der Waals surface area contributed by atoms with Gasteiger partial charge in [0.15, 0.2) is 0 Å². The van der Waals surface area contributed by atoms with Gasteiger partial charge in [-0.2, -0.15) is 0 Å². The number of hydrogen-bond acceptors (Lipinski definition) is 4. The number of para-hydroxylation sites is 3. The van der Waals surface area contributed by atoms with Crippen LogP contribution in [0.25, 0.3) is 28.7 Å². The fourth-order valence-electron chi connectivity index (χ4n) is 3.27. The lowest BCUT2D eigenvalue weighted by atomic mass is 10.1. The third-order valence-corrected chi connectivity index (χ3v) is 4.70. The molecule has 0 atom stereocenters. The molecule has 0 fully saturated rings. The number of benzene rings is 3. The summed E-state index contributed by atoms with van der Waals surface area (Å²) < 4.78 is 1.54. The second kappa shape index (κ2) is 7.52. The fraction of sp³-hybridized carbons (Fsp3) is 0.0435. The van der Waals surface area contributed by atoms with Gasteiger partial charge in [-0.05, 0) is 48.9 Å². The summed E-state index contributed by atoms with van der Waals surface area (Å²) in [4.78, 5) is 28.8. The first-order chi connectivity index (χ1) is 14.1. The molecule has 0 spiro atoms. The highest BCUT2D eigenvalue weighted by molar-refractivity contribution is 5.80. The van der Waals surface area contributed by atoms with Crippen LogP contribution in [-0.2, 0) is 0 Å². The first-order valence-electron chi connectivity index (χ1n) is 9.05. The first kappa shape index (κ1) is 18.3. The summed E-state index contributed by atoms with van der Waals surface area (Å²) in [7, 11) is 0. The van der Waals surface area contributed by atoms with Crippen molar-refractivity contribution in [1.82, 2.24) is 9.55 Å². The molecule has 0 saturated carbocycles. The predicted molar refractivity (Wildman–Crippen MR) is 114 cm³/mol. The van der Waals surface area contributed by atoms with Crippen molar-refractivity contribution in [1.29, 1.82) is 0 Å². The Balaban J connectivity index is 1.97. The number of fused-ring (bicyclic) bond motifs is 1. The first-order valence-corrected chi connectivity index (χ1v) is 9.05. The van der Waals surface area contributed by atoms with E-state index in [0.717, 1.165) is 11.3 Å². The second-order valence-electron chi connectivity index (χ2n) is 6.56. The molecule has 0 aliphatic carbocycles. The molecule has 1 heterocycles. The molecule has 1 aromatic heterocycles. The zero-order valence-electron chi connectivity index (χ0n) is 15.6. The van der Waals surface area contributed by atoms with Gasteiger partial charge >= 0.3 is 0 Å². The number of nitro benzene ring substituents is 1. The van der Waals surface area contributed by atoms with E-state index >= 15 is 0 Å². The van der Waals surface area contributed by atoms with Crippen molar-refractivity contribution in [2.75, 3.05) is 0 Å². The Morgan fingerprint density at radius 1 is 0.931 bits per heavy atom. The smallest absolute Gasteiger partial charge is 0.268 e. The zero-order valence-corrected chi connectivity index (χ0v) is 15.6. The topological polar surface area (TPSA) is 78.0 Å². The van der Waals surface area contributed by atoms with E-state index in [1.807, 2.05) is 37.3 Å². The number of aromatic nitrogens is 2. The maximum absolute atomic E-state index is 13.3. The quantitative estimate of drug-likeness (QED) is 0.375. The predicted octanol–water partition coefficient (Wildman–Crippen LogP) is 4.77. The third kappa shape index (κ3) is 3.43. The van der Waals surface area contributed by atoms with Crippen molar-refractivity contribution in [3.05, 3.63) is 110 Å². The van der Waals surface area contributed by atoms with Crippen LogP contribution in [0, 0.1) is 17.0 Å². The maximum atomic E-state index is 13.3. The van der Waals surface area contributed by atoms with Gasteiger partial charge in [0.05, 0.1) is 27.1 Å². The van der Waals surface area contributed by atoms with E-state index in [0.29, 0.717) is 22.3 Å². The highest BCUT2D eigenvalue weighted by atomic mass is 16.6. The highest BCUT2D eigenvalue weighted by Crippen LogP contribution is 2.22. The minimum atomic E-state index is -0.429. The molecule has 0 bridgehead atoms. The standard InChI is InChI=1S/C23H17N3O3/c1-16-8-2-6-12-20(16)25-22(24-19-11-5-4-10-18(19)23(25)27)15-14-17-9-3-7-13-21(17)26(28)29/h2-15H,1H3/b15-14+. The van der Waals surface area contributed by atoms with Crippen LogP contribution in [0.2, 0.25) is 0 Å². The number of nitro groups is 1. The third-order valence-electron chi connectivity index (χ3n) is 4.70. The summed E-state index contributed by atoms with van der Waals surface area (Å²) in [5, 5.41) is 11.8. The summed E-state index contributed by atoms with van der Waals surface area (Å²) in [5.41, 5.74) is 2.47. The van der Waals surface area contributed by atoms with Gasteiger partial charge in [-0.15, -0.1) is 0 Å². The summed E-state index contributed by atoms with van der Waals surface area (Å²) in [6, 6.07) is 21.1. The van der Waals surface area contributed by atoms with Crippen LogP contribution >= 0.6 is 0 Å². The van der Waals surface area contributed by atoms with Gasteiger partial charge in [-0.1, -0.05) is 42.5 Å². The lowest BCUT2D eigenvalue weighted by Gasteiger charge is -2.13. The number of rotatable bonds is 4. The molecule has 0 unspecified atom stereocenters. The molecule has 0 N–H and O–H groups in total. The monoisotopic (exact) mass is 383 g/mol. The van der Waals surface area contributed by atoms with E-state index in [4.69, 9.17) is 0 Å². The Kier molecular flexibility index (Phi) is 4.75. The van der Waals surface area contributed by atoms with Gasteiger partial charge in [0.1, 0.15) is 5.82 Å². The van der Waals surface area contributed by atoms with Gasteiger partial charge in [-0.3, -0.25) is 19.5 Å². The molecular formula is C23H17N3O3. The molecule has 3 aromatic carbocycles. The second-order valence-corrected chi connectivity index (χ2v) is 6.56. The van der Waals surface area contributed by atoms with E-state index in [2.05, 4.69) is 4.98 Å². The Morgan fingerprint density at radius 3 is 2.41 bits per heavy atom. The van der Waals surface area contributed by atoms with Crippen molar-refractivity contribution >= 4 is 28.7 Å². The Labute approximate surface area is 166 Å². The van der Waals surface area contributed by atoms with Crippen LogP contribution in [0.3, 0.4) is 0 Å². The number of aryl methyl sites for hydroxylation is 1. The fourth-order valence-corrected chi connectivity index (χ4v) is 3.27. The van der Waals surface area contributed by atoms with Gasteiger partial charge in [0.25, 0.3) is 11.2 Å². The van der Waals surface area contributed by atoms with Gasteiger partial charge < -0.3 is 0 Å². The Hall–Kier alpha value is -4.06. The molecule has 6 nitrogen and oxygen atoms in total. The molecule has 0 amide bonds. The summed E-state index contributed by atoms with van der Waals surface area (Å²) in [6.45, 7) is 1.92. The molecule has 0 radical (unpaired) electrons. The molecule has 4 rings (SSSR count). The molecular weight excluding hydrogens is 366 g/mol. The Bertz CT molecular complexity index is 1320. The van der Waals surface area contributed by atoms with Crippen LogP contribution in [0.1, 0.15) is 17.0 Å². The average Bonchev–Trinajstić information content (AvgIpc) is 2.73. The molecule has 142 valence electrons. The highest BCUT2D eigenvalue weighted by Gasteiger charge is 2.14. The molecule has 29 heavy (non-hydrogen) atoms. The normalized spacial score (nSPS) is 11.2. The zero-order chi connectivity index (χ0) is 20.4. The van der Waals surface area contributed by atoms with Crippen molar-refractivity contribution in [2.45, 2.75) is 6.92 Å². The summed E-state index contributed by atoms with van der Waals surface area (Å²) in [5.74, 6) is 0.404. The Morgan fingerprint density at radius 2 is 1.62 bits per heavy atom. The SMILES string of the molecule is Cc1ccccc1-n1c(/C=C/c2ccccc2[N+](=O)[O-])nc2ccccc2c1=O. The van der Waals surface area contributed by atoms with Crippen molar-refractivity contribution < 1.29 is 4.92 Å². The van der Waals surface area contributed by atoms with Crippen molar-refractivity contribution in [3.8, 4) is 5.69 Å². The lowest BCUT2D eigenvalue weighted by Crippen LogP contribution is -2.23. The van der Waals surface area contributed by atoms with E-state index in [-0.39, 0.29) is 11.2 Å². The number of nitrogens with zero attached hydrogens (tertiary/aromatic N) is 3. The van der Waals surface area contributed by atoms with Gasteiger partial charge in [0, 0.05) is 6.07 Å². The van der Waals surface area contributed by atoms with E-state index < -0.39 is 4.92 Å². The van der Waals surface area contributed by atoms with Gasteiger partial charge in [0.2, 0.25) is 0 Å². The number of hydrogen-bond donors (Lipinski definition) is 0. The minimum absolute atomic E-state index is 0.00525. The summed E-state index contributed by atoms with van der Waals surface area (Å²) in [6.07, 6.45) is 3.26.